The van der Waals surface area contributed by atoms with Gasteiger partial charge in [0.25, 0.3) is 0 Å². The minimum absolute atomic E-state index is 0.00588. The summed E-state index contributed by atoms with van der Waals surface area (Å²) in [5, 5.41) is 2.79. The van der Waals surface area contributed by atoms with Crippen LogP contribution in [-0.4, -0.2) is 66.8 Å². The maximum atomic E-state index is 12.8. The molecule has 1 N–H and O–H groups in total. The molecular weight excluding hydrogens is 392 g/mol. The first-order chi connectivity index (χ1) is 15.1. The summed E-state index contributed by atoms with van der Waals surface area (Å²) in [4.78, 5) is 43.4. The molecule has 7 nitrogen and oxygen atoms in total. The summed E-state index contributed by atoms with van der Waals surface area (Å²) < 4.78 is 0. The largest absolute Gasteiger partial charge is 0.343 e. The molecule has 0 spiro atoms. The van der Waals surface area contributed by atoms with E-state index in [2.05, 4.69) is 10.2 Å². The zero-order chi connectivity index (χ0) is 21.6. The zero-order valence-corrected chi connectivity index (χ0v) is 18.4. The Morgan fingerprint density at radius 1 is 0.903 bits per heavy atom. The molecule has 31 heavy (non-hydrogen) atoms. The number of benzene rings is 1. The second-order valence-corrected chi connectivity index (χ2v) is 9.08. The molecule has 4 rings (SSSR count). The summed E-state index contributed by atoms with van der Waals surface area (Å²) in [5.41, 5.74) is 1.35. The van der Waals surface area contributed by atoms with E-state index in [9.17, 15) is 14.4 Å². The molecule has 3 aliphatic heterocycles. The number of amides is 3. The van der Waals surface area contributed by atoms with Crippen molar-refractivity contribution in [1.29, 1.82) is 0 Å². The summed E-state index contributed by atoms with van der Waals surface area (Å²) >= 11 is 0. The average molecular weight is 427 g/mol. The van der Waals surface area contributed by atoms with Crippen LogP contribution < -0.4 is 10.2 Å². The summed E-state index contributed by atoms with van der Waals surface area (Å²) in [6.07, 6.45) is 7.78. The lowest BCUT2D eigenvalue weighted by atomic mass is 9.95. The number of likely N-dealkylation sites (tertiary alicyclic amines) is 2. The number of carbonyl (C=O) groups is 3. The monoisotopic (exact) mass is 426 g/mol. The topological polar surface area (TPSA) is 73.0 Å². The van der Waals surface area contributed by atoms with Gasteiger partial charge < -0.3 is 20.0 Å². The minimum Gasteiger partial charge on any atom is -0.343 e. The Kier molecular flexibility index (Phi) is 7.22. The lowest BCUT2D eigenvalue weighted by Crippen LogP contribution is -2.44. The van der Waals surface area contributed by atoms with Gasteiger partial charge in [-0.1, -0.05) is 25.0 Å². The van der Waals surface area contributed by atoms with E-state index in [1.165, 1.54) is 43.7 Å². The SMILES string of the molecule is O=C1CN(C(=O)CCC(=O)N2CCC(CN3CCCCCC3)CC2)c2ccccc2N1. The molecule has 0 bridgehead atoms. The van der Waals surface area contributed by atoms with Crippen LogP contribution in [0.4, 0.5) is 11.4 Å². The molecule has 0 aromatic heterocycles. The van der Waals surface area contributed by atoms with Crippen LogP contribution in [0.3, 0.4) is 0 Å². The molecule has 2 fully saturated rings. The molecule has 1 aromatic rings. The van der Waals surface area contributed by atoms with Crippen molar-refractivity contribution >= 4 is 29.1 Å². The highest BCUT2D eigenvalue weighted by molar-refractivity contribution is 6.10. The number of fused-ring (bicyclic) bond motifs is 1. The van der Waals surface area contributed by atoms with Crippen molar-refractivity contribution in [1.82, 2.24) is 9.80 Å². The maximum absolute atomic E-state index is 12.8. The summed E-state index contributed by atoms with van der Waals surface area (Å²) in [6.45, 7) is 5.20. The number of nitrogens with zero attached hydrogens (tertiary/aromatic N) is 3. The quantitative estimate of drug-likeness (QED) is 0.786. The van der Waals surface area contributed by atoms with Crippen molar-refractivity contribution in [3.8, 4) is 0 Å². The number of piperidine rings is 1. The standard InChI is InChI=1S/C24H34N4O3/c29-22-18-28(21-8-4-3-7-20(21)25-22)24(31)10-9-23(30)27-15-11-19(12-16-27)17-26-13-5-1-2-6-14-26/h3-4,7-8,19H,1-2,5-6,9-18H2,(H,25,29). The number of nitrogens with one attached hydrogen (secondary N) is 1. The fraction of sp³-hybridized carbons (Fsp3) is 0.625. The summed E-state index contributed by atoms with van der Waals surface area (Å²) in [6, 6.07) is 7.28. The van der Waals surface area contributed by atoms with Gasteiger partial charge in [0.2, 0.25) is 17.7 Å². The Balaban J connectivity index is 1.22. The van der Waals surface area contributed by atoms with E-state index < -0.39 is 0 Å². The normalized spacial score (nSPS) is 20.7. The second-order valence-electron chi connectivity index (χ2n) is 9.08. The number of hydrogen-bond donors (Lipinski definition) is 1. The van der Waals surface area contributed by atoms with E-state index >= 15 is 0 Å². The molecule has 0 atom stereocenters. The van der Waals surface area contributed by atoms with Crippen LogP contribution in [0.2, 0.25) is 0 Å². The van der Waals surface area contributed by atoms with Gasteiger partial charge >= 0.3 is 0 Å². The van der Waals surface area contributed by atoms with Crippen LogP contribution in [0, 0.1) is 5.92 Å². The number of anilines is 2. The third-order valence-corrected chi connectivity index (χ3v) is 6.81. The number of rotatable bonds is 5. The van der Waals surface area contributed by atoms with Gasteiger partial charge in [0.05, 0.1) is 11.4 Å². The van der Waals surface area contributed by atoms with Gasteiger partial charge in [-0.25, -0.2) is 0 Å². The Morgan fingerprint density at radius 2 is 1.58 bits per heavy atom. The predicted octanol–water partition coefficient (Wildman–Crippen LogP) is 2.87. The van der Waals surface area contributed by atoms with Gasteiger partial charge in [-0.3, -0.25) is 14.4 Å². The molecule has 0 aliphatic carbocycles. The summed E-state index contributed by atoms with van der Waals surface area (Å²) in [5.74, 6) is 0.347. The summed E-state index contributed by atoms with van der Waals surface area (Å²) in [7, 11) is 0. The van der Waals surface area contributed by atoms with Crippen LogP contribution >= 0.6 is 0 Å². The highest BCUT2D eigenvalue weighted by Crippen LogP contribution is 2.29. The smallest absolute Gasteiger partial charge is 0.244 e. The first kappa shape index (κ1) is 21.8. The van der Waals surface area contributed by atoms with E-state index in [-0.39, 0.29) is 37.1 Å². The van der Waals surface area contributed by atoms with Crippen LogP contribution in [0.15, 0.2) is 24.3 Å². The van der Waals surface area contributed by atoms with Crippen molar-refractivity contribution in [2.75, 3.05) is 49.5 Å². The van der Waals surface area contributed by atoms with Gasteiger partial charge in [0.15, 0.2) is 0 Å². The van der Waals surface area contributed by atoms with Gasteiger partial charge in [-0.05, 0) is 56.8 Å². The van der Waals surface area contributed by atoms with E-state index in [1.807, 2.05) is 23.1 Å². The maximum Gasteiger partial charge on any atom is 0.244 e. The van der Waals surface area contributed by atoms with E-state index in [0.717, 1.165) is 32.5 Å². The highest BCUT2D eigenvalue weighted by Gasteiger charge is 2.28. The average Bonchev–Trinajstić information content (AvgIpc) is 3.06. The van der Waals surface area contributed by atoms with Gasteiger partial charge in [0, 0.05) is 32.5 Å². The van der Waals surface area contributed by atoms with Gasteiger partial charge in [0.1, 0.15) is 6.54 Å². The third-order valence-electron chi connectivity index (χ3n) is 6.81. The number of para-hydroxylation sites is 2. The fourth-order valence-corrected chi connectivity index (χ4v) is 5.01. The molecule has 2 saturated heterocycles. The lowest BCUT2D eigenvalue weighted by Gasteiger charge is -2.35. The van der Waals surface area contributed by atoms with Crippen molar-refractivity contribution in [3.63, 3.8) is 0 Å². The first-order valence-corrected chi connectivity index (χ1v) is 11.8. The van der Waals surface area contributed by atoms with Gasteiger partial charge in [-0.2, -0.15) is 0 Å². The molecule has 0 saturated carbocycles. The molecule has 3 aliphatic rings. The fourth-order valence-electron chi connectivity index (χ4n) is 5.01. The Hall–Kier alpha value is -2.41. The van der Waals surface area contributed by atoms with Crippen molar-refractivity contribution in [3.05, 3.63) is 24.3 Å². The molecule has 0 unspecified atom stereocenters. The van der Waals surface area contributed by atoms with Crippen LogP contribution in [-0.2, 0) is 14.4 Å². The Bertz CT molecular complexity index is 796. The highest BCUT2D eigenvalue weighted by atomic mass is 16.2. The van der Waals surface area contributed by atoms with Crippen molar-refractivity contribution in [2.24, 2.45) is 5.92 Å². The number of hydrogen-bond acceptors (Lipinski definition) is 4. The molecule has 0 radical (unpaired) electrons. The molecule has 168 valence electrons. The Labute approximate surface area is 184 Å². The van der Waals surface area contributed by atoms with Crippen molar-refractivity contribution < 1.29 is 14.4 Å². The minimum atomic E-state index is -0.204. The van der Waals surface area contributed by atoms with E-state index in [0.29, 0.717) is 17.3 Å². The van der Waals surface area contributed by atoms with Crippen LogP contribution in [0.25, 0.3) is 0 Å². The Morgan fingerprint density at radius 3 is 2.32 bits per heavy atom. The van der Waals surface area contributed by atoms with Crippen LogP contribution in [0.5, 0.6) is 0 Å². The third kappa shape index (κ3) is 5.64. The van der Waals surface area contributed by atoms with E-state index in [1.54, 1.807) is 6.07 Å². The zero-order valence-electron chi connectivity index (χ0n) is 18.4. The molecular formula is C24H34N4O3. The molecule has 3 amide bonds. The van der Waals surface area contributed by atoms with Gasteiger partial charge in [-0.15, -0.1) is 0 Å². The first-order valence-electron chi connectivity index (χ1n) is 11.8. The molecule has 1 aromatic carbocycles. The van der Waals surface area contributed by atoms with Crippen LogP contribution in [0.1, 0.15) is 51.4 Å². The lowest BCUT2D eigenvalue weighted by molar-refractivity contribution is -0.134. The number of carbonyl (C=O) groups excluding carboxylic acids is 3. The second kappa shape index (κ2) is 10.3. The van der Waals surface area contributed by atoms with E-state index in [4.69, 9.17) is 0 Å². The predicted molar refractivity (Wildman–Crippen MR) is 121 cm³/mol. The molecule has 3 heterocycles. The molecule has 7 heteroatoms. The van der Waals surface area contributed by atoms with Crippen molar-refractivity contribution in [2.45, 2.75) is 51.4 Å².